The summed E-state index contributed by atoms with van der Waals surface area (Å²) < 4.78 is 0. The van der Waals surface area contributed by atoms with Crippen LogP contribution in [0.1, 0.15) is 37.5 Å². The summed E-state index contributed by atoms with van der Waals surface area (Å²) in [6, 6.07) is 21.4. The van der Waals surface area contributed by atoms with Crippen LogP contribution in [0.5, 0.6) is 0 Å². The summed E-state index contributed by atoms with van der Waals surface area (Å²) in [5, 5.41) is 2.87. The quantitative estimate of drug-likeness (QED) is 0.460. The Hall–Kier alpha value is -3.86. The number of rotatable bonds is 2. The maximum absolute atomic E-state index is 14.2. The Kier molecular flexibility index (Phi) is 5.81. The Morgan fingerprint density at radius 1 is 0.879 bits per heavy atom. The monoisotopic (exact) mass is 439 g/mol. The van der Waals surface area contributed by atoms with Gasteiger partial charge in [-0.3, -0.25) is 4.90 Å². The van der Waals surface area contributed by atoms with E-state index >= 15 is 0 Å². The zero-order valence-electron chi connectivity index (χ0n) is 19.7. The predicted octanol–water partition coefficient (Wildman–Crippen LogP) is 7.16. The molecule has 0 saturated carbocycles. The lowest BCUT2D eigenvalue weighted by atomic mass is 9.86. The lowest BCUT2D eigenvalue weighted by molar-refractivity contribution is 0.240. The van der Waals surface area contributed by atoms with E-state index in [2.05, 4.69) is 37.4 Å². The lowest BCUT2D eigenvalue weighted by Gasteiger charge is -2.44. The van der Waals surface area contributed by atoms with Gasteiger partial charge in [0, 0.05) is 11.3 Å². The highest BCUT2D eigenvalue weighted by atomic mass is 16.2. The molecule has 0 unspecified atom stereocenters. The van der Waals surface area contributed by atoms with Crippen LogP contribution in [0.25, 0.3) is 5.57 Å². The number of anilines is 3. The van der Waals surface area contributed by atoms with Gasteiger partial charge in [-0.05, 0) is 76.1 Å². The molecular formula is C28H29N3O2. The number of nitrogens with zero attached hydrogens (tertiary/aromatic N) is 2. The minimum atomic E-state index is -0.631. The van der Waals surface area contributed by atoms with E-state index in [1.165, 1.54) is 4.90 Å². The molecule has 168 valence electrons. The standard InChI is InChI=1S/C28H29N3O2/c1-19-16-20(2)25-24(17-19)21(3)18-28(4,5)31(25)27(33)30(23-14-10-7-11-15-23)26(32)29-22-12-8-6-9-13-22/h6-18H,1-5H3,(H,29,32). The number of urea groups is 2. The molecule has 1 aliphatic heterocycles. The van der Waals surface area contributed by atoms with E-state index in [1.54, 1.807) is 29.2 Å². The summed E-state index contributed by atoms with van der Waals surface area (Å²) >= 11 is 0. The Bertz CT molecular complexity index is 1230. The first-order valence-corrected chi connectivity index (χ1v) is 11.1. The number of aryl methyl sites for hydroxylation is 2. The molecule has 0 aliphatic carbocycles. The number of nitrogens with one attached hydrogen (secondary N) is 1. The van der Waals surface area contributed by atoms with Crippen molar-refractivity contribution in [3.63, 3.8) is 0 Å². The maximum atomic E-state index is 14.2. The van der Waals surface area contributed by atoms with Gasteiger partial charge in [-0.1, -0.05) is 54.1 Å². The van der Waals surface area contributed by atoms with Crippen molar-refractivity contribution < 1.29 is 9.59 Å². The minimum absolute atomic E-state index is 0.406. The average molecular weight is 440 g/mol. The molecule has 0 bridgehead atoms. The van der Waals surface area contributed by atoms with Crippen LogP contribution in [-0.2, 0) is 0 Å². The van der Waals surface area contributed by atoms with Crippen LogP contribution >= 0.6 is 0 Å². The fraction of sp³-hybridized carbons (Fsp3) is 0.214. The number of hydrogen-bond donors (Lipinski definition) is 1. The Labute approximate surface area is 195 Å². The number of carbonyl (C=O) groups excluding carboxylic acids is 2. The number of hydrogen-bond acceptors (Lipinski definition) is 2. The van der Waals surface area contributed by atoms with E-state index in [0.717, 1.165) is 28.0 Å². The van der Waals surface area contributed by atoms with E-state index in [4.69, 9.17) is 0 Å². The smallest absolute Gasteiger partial charge is 0.307 e. The van der Waals surface area contributed by atoms with Crippen LogP contribution in [0, 0.1) is 13.8 Å². The topological polar surface area (TPSA) is 52.7 Å². The predicted molar refractivity (Wildman–Crippen MR) is 136 cm³/mol. The molecule has 0 saturated heterocycles. The third-order valence-corrected chi connectivity index (χ3v) is 5.86. The summed E-state index contributed by atoms with van der Waals surface area (Å²) in [5.41, 5.74) is 5.59. The van der Waals surface area contributed by atoms with Gasteiger partial charge < -0.3 is 5.32 Å². The third kappa shape index (κ3) is 4.27. The summed E-state index contributed by atoms with van der Waals surface area (Å²) in [5.74, 6) is 0. The summed E-state index contributed by atoms with van der Waals surface area (Å²) in [6.07, 6.45) is 2.09. The number of fused-ring (bicyclic) bond motifs is 1. The summed E-state index contributed by atoms with van der Waals surface area (Å²) in [6.45, 7) is 10.1. The van der Waals surface area contributed by atoms with Gasteiger partial charge in [0.1, 0.15) is 0 Å². The second-order valence-corrected chi connectivity index (χ2v) is 9.04. The van der Waals surface area contributed by atoms with Crippen LogP contribution in [0.3, 0.4) is 0 Å². The highest BCUT2D eigenvalue weighted by Crippen LogP contribution is 2.42. The summed E-state index contributed by atoms with van der Waals surface area (Å²) in [4.78, 5) is 30.6. The number of para-hydroxylation sites is 2. The molecule has 3 aromatic carbocycles. The van der Waals surface area contributed by atoms with Crippen molar-refractivity contribution in [2.45, 2.75) is 40.2 Å². The van der Waals surface area contributed by atoms with Gasteiger partial charge >= 0.3 is 12.1 Å². The van der Waals surface area contributed by atoms with Crippen LogP contribution in [-0.4, -0.2) is 17.6 Å². The van der Waals surface area contributed by atoms with Crippen LogP contribution in [0.4, 0.5) is 26.7 Å². The maximum Gasteiger partial charge on any atom is 0.338 e. The van der Waals surface area contributed by atoms with Crippen molar-refractivity contribution in [1.29, 1.82) is 0 Å². The molecule has 0 atom stereocenters. The molecule has 4 rings (SSSR count). The van der Waals surface area contributed by atoms with Gasteiger partial charge in [0.25, 0.3) is 0 Å². The molecule has 1 heterocycles. The molecule has 1 N–H and O–H groups in total. The zero-order valence-corrected chi connectivity index (χ0v) is 19.7. The van der Waals surface area contributed by atoms with E-state index in [-0.39, 0.29) is 0 Å². The third-order valence-electron chi connectivity index (χ3n) is 5.86. The lowest BCUT2D eigenvalue weighted by Crippen LogP contribution is -2.57. The molecule has 3 aromatic rings. The van der Waals surface area contributed by atoms with Gasteiger partial charge in [0.05, 0.1) is 16.9 Å². The first kappa shape index (κ1) is 22.3. The SMILES string of the molecule is CC1=CC(C)(C)N(C(=O)N(C(=O)Nc2ccccc2)c2ccccc2)c2c(C)cc(C)cc21. The number of amides is 4. The molecular weight excluding hydrogens is 410 g/mol. The number of benzene rings is 3. The van der Waals surface area contributed by atoms with Crippen molar-refractivity contribution in [1.82, 2.24) is 0 Å². The fourth-order valence-corrected chi connectivity index (χ4v) is 4.55. The van der Waals surface area contributed by atoms with E-state index in [1.807, 2.05) is 57.2 Å². The molecule has 0 radical (unpaired) electrons. The second-order valence-electron chi connectivity index (χ2n) is 9.04. The van der Waals surface area contributed by atoms with Crippen molar-refractivity contribution in [3.05, 3.63) is 95.6 Å². The van der Waals surface area contributed by atoms with Gasteiger partial charge in [-0.2, -0.15) is 0 Å². The largest absolute Gasteiger partial charge is 0.338 e. The Morgan fingerprint density at radius 2 is 1.48 bits per heavy atom. The number of allylic oxidation sites excluding steroid dienone is 1. The molecule has 5 nitrogen and oxygen atoms in total. The van der Waals surface area contributed by atoms with Gasteiger partial charge in [0.15, 0.2) is 0 Å². The summed E-state index contributed by atoms with van der Waals surface area (Å²) in [7, 11) is 0. The van der Waals surface area contributed by atoms with Crippen molar-refractivity contribution >= 4 is 34.7 Å². The first-order valence-electron chi connectivity index (χ1n) is 11.1. The fourth-order valence-electron chi connectivity index (χ4n) is 4.55. The van der Waals surface area contributed by atoms with Crippen LogP contribution < -0.4 is 15.1 Å². The van der Waals surface area contributed by atoms with Gasteiger partial charge in [-0.15, -0.1) is 0 Å². The highest BCUT2D eigenvalue weighted by molar-refractivity contribution is 6.23. The molecule has 1 aliphatic rings. The molecule has 0 aromatic heterocycles. The Morgan fingerprint density at radius 3 is 2.12 bits per heavy atom. The van der Waals surface area contributed by atoms with Crippen molar-refractivity contribution in [2.75, 3.05) is 15.1 Å². The minimum Gasteiger partial charge on any atom is -0.307 e. The zero-order chi connectivity index (χ0) is 23.8. The van der Waals surface area contributed by atoms with Gasteiger partial charge in [0.2, 0.25) is 0 Å². The number of imide groups is 1. The molecule has 4 amide bonds. The van der Waals surface area contributed by atoms with Crippen molar-refractivity contribution in [2.24, 2.45) is 0 Å². The molecule has 33 heavy (non-hydrogen) atoms. The van der Waals surface area contributed by atoms with Gasteiger partial charge in [-0.25, -0.2) is 14.5 Å². The average Bonchev–Trinajstić information content (AvgIpc) is 2.75. The van der Waals surface area contributed by atoms with E-state index in [0.29, 0.717) is 11.4 Å². The van der Waals surface area contributed by atoms with Crippen LogP contribution in [0.15, 0.2) is 78.9 Å². The van der Waals surface area contributed by atoms with E-state index in [9.17, 15) is 9.59 Å². The van der Waals surface area contributed by atoms with E-state index < -0.39 is 17.6 Å². The first-order chi connectivity index (χ1) is 15.7. The Balaban J connectivity index is 1.83. The van der Waals surface area contributed by atoms with Crippen LogP contribution in [0.2, 0.25) is 0 Å². The van der Waals surface area contributed by atoms with Crippen molar-refractivity contribution in [3.8, 4) is 0 Å². The highest BCUT2D eigenvalue weighted by Gasteiger charge is 2.41. The second kappa shape index (κ2) is 8.58. The molecule has 0 fully saturated rings. The molecule has 5 heteroatoms. The normalized spacial score (nSPS) is 14.2. The number of carbonyl (C=O) groups is 2. The molecule has 0 spiro atoms.